The first kappa shape index (κ1) is 12.3. The Hall–Kier alpha value is -2.21. The van der Waals surface area contributed by atoms with Gasteiger partial charge in [-0.25, -0.2) is 5.43 Å². The first-order valence-corrected chi connectivity index (χ1v) is 5.52. The van der Waals surface area contributed by atoms with Crippen LogP contribution in [0.25, 0.3) is 0 Å². The predicted octanol–water partition coefficient (Wildman–Crippen LogP) is 2.04. The number of hydrogen-bond donors (Lipinski definition) is 3. The van der Waals surface area contributed by atoms with Crippen molar-refractivity contribution < 1.29 is 14.3 Å². The van der Waals surface area contributed by atoms with Gasteiger partial charge < -0.3 is 9.52 Å². The number of thiol groups is 1. The van der Waals surface area contributed by atoms with Crippen LogP contribution in [0.2, 0.25) is 0 Å². The maximum absolute atomic E-state index is 11.6. The number of rotatable bonds is 3. The highest BCUT2D eigenvalue weighted by atomic mass is 32.1. The van der Waals surface area contributed by atoms with Gasteiger partial charge in [-0.3, -0.25) is 4.79 Å². The molecule has 6 heteroatoms. The van der Waals surface area contributed by atoms with E-state index in [1.807, 2.05) is 0 Å². The highest BCUT2D eigenvalue weighted by molar-refractivity contribution is 7.80. The number of phenols is 1. The Morgan fingerprint density at radius 3 is 2.78 bits per heavy atom. The molecule has 0 bridgehead atoms. The molecule has 0 saturated carbocycles. The third-order valence-electron chi connectivity index (χ3n) is 2.12. The fraction of sp³-hybridized carbons (Fsp3) is 0. The van der Waals surface area contributed by atoms with Crippen LogP contribution in [0.1, 0.15) is 16.1 Å². The minimum Gasteiger partial charge on any atom is -0.507 e. The molecule has 0 aliphatic heterocycles. The van der Waals surface area contributed by atoms with Crippen LogP contribution in [0.15, 0.2) is 51.0 Å². The van der Waals surface area contributed by atoms with Gasteiger partial charge in [-0.15, -0.1) is 12.6 Å². The summed E-state index contributed by atoms with van der Waals surface area (Å²) in [4.78, 5) is 11.6. The molecule has 18 heavy (non-hydrogen) atoms. The smallest absolute Gasteiger partial charge is 0.275 e. The number of nitrogens with one attached hydrogen (secondary N) is 1. The number of aromatic hydroxyl groups is 1. The minimum atomic E-state index is -0.498. The van der Waals surface area contributed by atoms with Crippen LogP contribution in [-0.2, 0) is 0 Å². The number of phenolic OH excluding ortho intramolecular Hbond substituents is 1. The lowest BCUT2D eigenvalue weighted by molar-refractivity contribution is 0.0952. The number of nitrogens with zero attached hydrogens (tertiary/aromatic N) is 1. The topological polar surface area (TPSA) is 74.8 Å². The molecule has 0 spiro atoms. The summed E-state index contributed by atoms with van der Waals surface area (Å²) in [6.07, 6.45) is 1.34. The Morgan fingerprint density at radius 2 is 2.11 bits per heavy atom. The van der Waals surface area contributed by atoms with Crippen LogP contribution in [-0.4, -0.2) is 17.2 Å². The monoisotopic (exact) mass is 262 g/mol. The summed E-state index contributed by atoms with van der Waals surface area (Å²) in [6, 6.07) is 9.54. The van der Waals surface area contributed by atoms with Gasteiger partial charge in [0, 0.05) is 0 Å². The van der Waals surface area contributed by atoms with Crippen LogP contribution in [0.5, 0.6) is 5.75 Å². The molecule has 2 rings (SSSR count). The number of hydrazone groups is 1. The second-order valence-corrected chi connectivity index (χ2v) is 3.83. The van der Waals surface area contributed by atoms with E-state index < -0.39 is 5.91 Å². The Labute approximate surface area is 109 Å². The maximum atomic E-state index is 11.6. The lowest BCUT2D eigenvalue weighted by Crippen LogP contribution is -2.17. The highest BCUT2D eigenvalue weighted by Crippen LogP contribution is 2.15. The Morgan fingerprint density at radius 1 is 1.33 bits per heavy atom. The molecule has 0 aliphatic rings. The maximum Gasteiger partial charge on any atom is 0.275 e. The van der Waals surface area contributed by atoms with E-state index in [2.05, 4.69) is 23.2 Å². The summed E-state index contributed by atoms with van der Waals surface area (Å²) in [7, 11) is 0. The fourth-order valence-corrected chi connectivity index (χ4v) is 1.47. The Balaban J connectivity index is 2.01. The second kappa shape index (κ2) is 5.42. The predicted molar refractivity (Wildman–Crippen MR) is 69.1 cm³/mol. The van der Waals surface area contributed by atoms with Crippen molar-refractivity contribution in [2.75, 3.05) is 0 Å². The quantitative estimate of drug-likeness (QED) is 0.450. The highest BCUT2D eigenvalue weighted by Gasteiger charge is 2.08. The zero-order valence-corrected chi connectivity index (χ0v) is 10.1. The Bertz CT molecular complexity index is 593. The van der Waals surface area contributed by atoms with E-state index in [0.29, 0.717) is 10.9 Å². The normalized spacial score (nSPS) is 10.7. The lowest BCUT2D eigenvalue weighted by Gasteiger charge is -2.01. The van der Waals surface area contributed by atoms with Gasteiger partial charge in [-0.05, 0) is 24.3 Å². The van der Waals surface area contributed by atoms with Gasteiger partial charge in [0.2, 0.25) is 0 Å². The summed E-state index contributed by atoms with van der Waals surface area (Å²) in [6.45, 7) is 0. The molecular formula is C12H10N2O3S. The molecule has 0 unspecified atom stereocenters. The molecule has 92 valence electrons. The van der Waals surface area contributed by atoms with Crippen LogP contribution in [0.3, 0.4) is 0 Å². The SMILES string of the molecule is O=C(N/N=C/c1ccc(S)o1)c1ccccc1O. The molecule has 1 aromatic heterocycles. The second-order valence-electron chi connectivity index (χ2n) is 3.39. The molecule has 0 fully saturated rings. The number of hydrogen-bond acceptors (Lipinski definition) is 5. The van der Waals surface area contributed by atoms with E-state index in [4.69, 9.17) is 4.42 Å². The van der Waals surface area contributed by atoms with Gasteiger partial charge in [-0.1, -0.05) is 12.1 Å². The van der Waals surface area contributed by atoms with Crippen molar-refractivity contribution in [3.8, 4) is 5.75 Å². The standard InChI is InChI=1S/C12H10N2O3S/c15-10-4-2-1-3-9(10)12(16)14-13-7-8-5-6-11(18)17-8/h1-7,15,18H,(H,14,16)/b13-7+. The molecular weight excluding hydrogens is 252 g/mol. The summed E-state index contributed by atoms with van der Waals surface area (Å²) in [5, 5.41) is 13.6. The van der Waals surface area contributed by atoms with Crippen molar-refractivity contribution in [3.63, 3.8) is 0 Å². The summed E-state index contributed by atoms with van der Waals surface area (Å²) >= 11 is 3.99. The largest absolute Gasteiger partial charge is 0.507 e. The van der Waals surface area contributed by atoms with E-state index >= 15 is 0 Å². The molecule has 0 radical (unpaired) electrons. The Kier molecular flexibility index (Phi) is 3.69. The first-order chi connectivity index (χ1) is 8.66. The zero-order chi connectivity index (χ0) is 13.0. The van der Waals surface area contributed by atoms with Crippen molar-refractivity contribution in [3.05, 3.63) is 47.7 Å². The average molecular weight is 262 g/mol. The zero-order valence-electron chi connectivity index (χ0n) is 9.20. The van der Waals surface area contributed by atoms with E-state index in [1.54, 1.807) is 24.3 Å². The molecule has 1 amide bonds. The molecule has 0 atom stereocenters. The van der Waals surface area contributed by atoms with E-state index in [1.165, 1.54) is 18.3 Å². The average Bonchev–Trinajstić information content (AvgIpc) is 2.75. The summed E-state index contributed by atoms with van der Waals surface area (Å²) < 4.78 is 5.11. The van der Waals surface area contributed by atoms with Crippen molar-refractivity contribution in [1.29, 1.82) is 0 Å². The van der Waals surface area contributed by atoms with E-state index in [9.17, 15) is 9.90 Å². The molecule has 0 aliphatic carbocycles. The van der Waals surface area contributed by atoms with Gasteiger partial charge in [0.15, 0.2) is 5.09 Å². The number of para-hydroxylation sites is 1. The molecule has 2 aromatic rings. The molecule has 5 nitrogen and oxygen atoms in total. The van der Waals surface area contributed by atoms with Gasteiger partial charge in [0.25, 0.3) is 5.91 Å². The fourth-order valence-electron chi connectivity index (χ4n) is 1.29. The van der Waals surface area contributed by atoms with Crippen LogP contribution in [0.4, 0.5) is 0 Å². The van der Waals surface area contributed by atoms with Crippen LogP contribution >= 0.6 is 12.6 Å². The van der Waals surface area contributed by atoms with E-state index in [0.717, 1.165) is 0 Å². The van der Waals surface area contributed by atoms with Crippen molar-refractivity contribution in [1.82, 2.24) is 5.43 Å². The third kappa shape index (κ3) is 2.92. The molecule has 0 saturated heterocycles. The van der Waals surface area contributed by atoms with Gasteiger partial charge >= 0.3 is 0 Å². The van der Waals surface area contributed by atoms with Gasteiger partial charge in [0.05, 0.1) is 11.8 Å². The minimum absolute atomic E-state index is 0.0964. The number of carbonyl (C=O) groups is 1. The number of benzene rings is 1. The number of amides is 1. The molecule has 1 heterocycles. The summed E-state index contributed by atoms with van der Waals surface area (Å²) in [5.41, 5.74) is 2.44. The van der Waals surface area contributed by atoms with Crippen LogP contribution in [0, 0.1) is 0 Å². The van der Waals surface area contributed by atoms with Crippen molar-refractivity contribution >= 4 is 24.8 Å². The molecule has 2 N–H and O–H groups in total. The van der Waals surface area contributed by atoms with Gasteiger partial charge in [-0.2, -0.15) is 5.10 Å². The van der Waals surface area contributed by atoms with Crippen molar-refractivity contribution in [2.45, 2.75) is 5.09 Å². The van der Waals surface area contributed by atoms with Crippen LogP contribution < -0.4 is 5.43 Å². The lowest BCUT2D eigenvalue weighted by atomic mass is 10.2. The number of carbonyl (C=O) groups excluding carboxylic acids is 1. The van der Waals surface area contributed by atoms with E-state index in [-0.39, 0.29) is 11.3 Å². The van der Waals surface area contributed by atoms with Gasteiger partial charge in [0.1, 0.15) is 11.5 Å². The summed E-state index contributed by atoms with van der Waals surface area (Å²) in [5.74, 6) is -0.125. The van der Waals surface area contributed by atoms with Crippen molar-refractivity contribution in [2.24, 2.45) is 5.10 Å². The molecule has 1 aromatic carbocycles. The third-order valence-corrected chi connectivity index (χ3v) is 2.36. The first-order valence-electron chi connectivity index (χ1n) is 5.07. The number of furan rings is 1.